The first kappa shape index (κ1) is 22.6. The Bertz CT molecular complexity index is 1270. The van der Waals surface area contributed by atoms with Gasteiger partial charge in [0.25, 0.3) is 5.91 Å². The van der Waals surface area contributed by atoms with Gasteiger partial charge in [-0.05, 0) is 22.3 Å². The van der Waals surface area contributed by atoms with Crippen molar-refractivity contribution in [2.24, 2.45) is 7.05 Å². The number of anilines is 1. The number of carboxylic acids is 1. The molecular formula is C25H24N4O6. The summed E-state index contributed by atoms with van der Waals surface area (Å²) in [6.07, 6.45) is -0.499. The van der Waals surface area contributed by atoms with E-state index in [0.29, 0.717) is 0 Å². The Hall–Kier alpha value is -4.18. The van der Waals surface area contributed by atoms with Gasteiger partial charge in [0.1, 0.15) is 17.8 Å². The van der Waals surface area contributed by atoms with Gasteiger partial charge in [-0.25, -0.2) is 9.59 Å². The zero-order chi connectivity index (χ0) is 24.6. The van der Waals surface area contributed by atoms with Crippen LogP contribution in [-0.4, -0.2) is 58.2 Å². The second kappa shape index (κ2) is 8.88. The van der Waals surface area contributed by atoms with E-state index in [2.05, 4.69) is 27.9 Å². The first-order valence-corrected chi connectivity index (χ1v) is 11.2. The van der Waals surface area contributed by atoms with E-state index in [4.69, 9.17) is 9.47 Å². The zero-order valence-corrected chi connectivity index (χ0v) is 19.0. The highest BCUT2D eigenvalue weighted by atomic mass is 16.6. The lowest BCUT2D eigenvalue weighted by atomic mass is 9.97. The fourth-order valence-electron chi connectivity index (χ4n) is 4.69. The Morgan fingerprint density at radius 2 is 1.80 bits per heavy atom. The van der Waals surface area contributed by atoms with Crippen molar-refractivity contribution < 1.29 is 29.0 Å². The van der Waals surface area contributed by atoms with E-state index >= 15 is 0 Å². The van der Waals surface area contributed by atoms with E-state index in [9.17, 15) is 19.5 Å². The first-order valence-electron chi connectivity index (χ1n) is 11.2. The van der Waals surface area contributed by atoms with E-state index in [1.807, 2.05) is 36.4 Å². The molecule has 3 N–H and O–H groups in total. The molecule has 1 aliphatic heterocycles. The third kappa shape index (κ3) is 4.12. The van der Waals surface area contributed by atoms with E-state index < -0.39 is 23.5 Å². The van der Waals surface area contributed by atoms with Gasteiger partial charge in [-0.15, -0.1) is 0 Å². The number of hydrogen-bond donors (Lipinski definition) is 3. The summed E-state index contributed by atoms with van der Waals surface area (Å²) in [5.41, 5.74) is 2.97. The molecule has 2 heterocycles. The van der Waals surface area contributed by atoms with Crippen molar-refractivity contribution in [3.63, 3.8) is 0 Å². The van der Waals surface area contributed by atoms with Crippen molar-refractivity contribution in [2.45, 2.75) is 17.9 Å². The largest absolute Gasteiger partial charge is 0.477 e. The van der Waals surface area contributed by atoms with Crippen LogP contribution in [0, 0.1) is 0 Å². The van der Waals surface area contributed by atoms with Crippen LogP contribution < -0.4 is 10.6 Å². The second-order valence-electron chi connectivity index (χ2n) is 8.63. The fraction of sp³-hybridized carbons (Fsp3) is 0.280. The smallest absolute Gasteiger partial charge is 0.408 e. The summed E-state index contributed by atoms with van der Waals surface area (Å²) < 4.78 is 12.2. The number of alkyl carbamates (subject to hydrolysis) is 1. The van der Waals surface area contributed by atoms with Crippen molar-refractivity contribution in [3.8, 4) is 11.1 Å². The number of aromatic carboxylic acids is 1. The van der Waals surface area contributed by atoms with Gasteiger partial charge in [-0.3, -0.25) is 9.48 Å². The number of carbonyl (C=O) groups excluding carboxylic acids is 2. The highest BCUT2D eigenvalue weighted by Crippen LogP contribution is 2.44. The molecule has 2 aliphatic rings. The lowest BCUT2D eigenvalue weighted by Crippen LogP contribution is -2.57. The molecular weight excluding hydrogens is 452 g/mol. The first-order chi connectivity index (χ1) is 16.9. The third-order valence-corrected chi connectivity index (χ3v) is 6.48. The second-order valence-corrected chi connectivity index (χ2v) is 8.63. The monoisotopic (exact) mass is 476 g/mol. The standard InChI is InChI=1S/C25H24N4O6/c1-29-20(22(30)31)12-21(28-29)26-23(32)25(10-11-34-14-25)27-24(33)35-13-19-17-8-4-2-6-15(17)16-7-3-5-9-18(16)19/h2-9,12,19H,10-11,13-14H2,1H3,(H,27,33)(H,30,31)(H,26,28,32). The number of carboxylic acid groups (broad SMARTS) is 1. The molecule has 10 heteroatoms. The summed E-state index contributed by atoms with van der Waals surface area (Å²) in [7, 11) is 1.46. The summed E-state index contributed by atoms with van der Waals surface area (Å²) >= 11 is 0. The Morgan fingerprint density at radius 1 is 1.14 bits per heavy atom. The molecule has 1 saturated heterocycles. The fourth-order valence-corrected chi connectivity index (χ4v) is 4.69. The molecule has 180 valence electrons. The molecule has 0 saturated carbocycles. The molecule has 1 aromatic heterocycles. The summed E-state index contributed by atoms with van der Waals surface area (Å²) in [4.78, 5) is 37.2. The average molecular weight is 476 g/mol. The number of benzene rings is 2. The third-order valence-electron chi connectivity index (χ3n) is 6.48. The van der Waals surface area contributed by atoms with Gasteiger partial charge in [-0.1, -0.05) is 48.5 Å². The van der Waals surface area contributed by atoms with Crippen molar-refractivity contribution in [1.29, 1.82) is 0 Å². The lowest BCUT2D eigenvalue weighted by molar-refractivity contribution is -0.122. The maximum Gasteiger partial charge on any atom is 0.408 e. The lowest BCUT2D eigenvalue weighted by Gasteiger charge is -2.27. The average Bonchev–Trinajstić information content (AvgIpc) is 3.54. The normalized spacial score (nSPS) is 18.5. The van der Waals surface area contributed by atoms with Crippen molar-refractivity contribution in [3.05, 3.63) is 71.4 Å². The Balaban J connectivity index is 1.28. The molecule has 10 nitrogen and oxygen atoms in total. The van der Waals surface area contributed by atoms with Crippen LogP contribution in [0.25, 0.3) is 11.1 Å². The highest BCUT2D eigenvalue weighted by Gasteiger charge is 2.45. The Labute approximate surface area is 200 Å². The van der Waals surface area contributed by atoms with E-state index in [-0.39, 0.29) is 43.7 Å². The van der Waals surface area contributed by atoms with Gasteiger partial charge in [0.2, 0.25) is 0 Å². The minimum atomic E-state index is -1.36. The zero-order valence-electron chi connectivity index (χ0n) is 19.0. The number of nitrogens with one attached hydrogen (secondary N) is 2. The predicted molar refractivity (Wildman–Crippen MR) is 125 cm³/mol. The Morgan fingerprint density at radius 3 is 2.37 bits per heavy atom. The number of amides is 2. The van der Waals surface area contributed by atoms with Crippen LogP contribution in [0.3, 0.4) is 0 Å². The molecule has 35 heavy (non-hydrogen) atoms. The number of hydrogen-bond acceptors (Lipinski definition) is 6. The topological polar surface area (TPSA) is 132 Å². The number of aryl methyl sites for hydroxylation is 1. The minimum absolute atomic E-state index is 0.0400. The van der Waals surface area contributed by atoms with Crippen molar-refractivity contribution >= 4 is 23.8 Å². The van der Waals surface area contributed by atoms with Gasteiger partial charge >= 0.3 is 12.1 Å². The number of rotatable bonds is 6. The van der Waals surface area contributed by atoms with Gasteiger partial charge in [-0.2, -0.15) is 5.10 Å². The number of fused-ring (bicyclic) bond motifs is 3. The minimum Gasteiger partial charge on any atom is -0.477 e. The molecule has 3 aromatic rings. The maximum atomic E-state index is 13.1. The van der Waals surface area contributed by atoms with Crippen LogP contribution in [0.2, 0.25) is 0 Å². The quantitative estimate of drug-likeness (QED) is 0.498. The van der Waals surface area contributed by atoms with Gasteiger partial charge in [0.05, 0.1) is 6.61 Å². The summed E-state index contributed by atoms with van der Waals surface area (Å²) in [6, 6.07) is 17.3. The van der Waals surface area contributed by atoms with Gasteiger partial charge < -0.3 is 25.2 Å². The van der Waals surface area contributed by atoms with Crippen molar-refractivity contribution in [1.82, 2.24) is 15.1 Å². The van der Waals surface area contributed by atoms with Crippen LogP contribution >= 0.6 is 0 Å². The van der Waals surface area contributed by atoms with Crippen molar-refractivity contribution in [2.75, 3.05) is 25.1 Å². The predicted octanol–water partition coefficient (Wildman–Crippen LogP) is 2.75. The van der Waals surface area contributed by atoms with E-state index in [1.54, 1.807) is 0 Å². The molecule has 2 amide bonds. The summed E-state index contributed by atoms with van der Waals surface area (Å²) in [5.74, 6) is -1.77. The molecule has 1 aliphatic carbocycles. The maximum absolute atomic E-state index is 13.1. The van der Waals surface area contributed by atoms with Crippen LogP contribution in [0.5, 0.6) is 0 Å². The van der Waals surface area contributed by atoms with Gasteiger partial charge in [0.15, 0.2) is 5.82 Å². The SMILES string of the molecule is Cn1nc(NC(=O)C2(NC(=O)OCC3c4ccccc4-c4ccccc43)CCOC2)cc1C(=O)O. The highest BCUT2D eigenvalue weighted by molar-refractivity contribution is 6.00. The molecule has 0 spiro atoms. The molecule has 0 radical (unpaired) electrons. The van der Waals surface area contributed by atoms with Crippen LogP contribution in [0.4, 0.5) is 10.6 Å². The summed E-state index contributed by atoms with van der Waals surface area (Å²) in [5, 5.41) is 18.5. The Kier molecular flexibility index (Phi) is 5.73. The number of aromatic nitrogens is 2. The number of nitrogens with zero attached hydrogens (tertiary/aromatic N) is 2. The van der Waals surface area contributed by atoms with E-state index in [1.165, 1.54) is 13.1 Å². The van der Waals surface area contributed by atoms with E-state index in [0.717, 1.165) is 26.9 Å². The molecule has 2 aromatic carbocycles. The van der Waals surface area contributed by atoms with Crippen LogP contribution in [0.1, 0.15) is 34.0 Å². The molecule has 5 rings (SSSR count). The van der Waals surface area contributed by atoms with Crippen LogP contribution in [0.15, 0.2) is 54.6 Å². The molecule has 1 unspecified atom stereocenters. The molecule has 0 bridgehead atoms. The van der Waals surface area contributed by atoms with Crippen LogP contribution in [-0.2, 0) is 21.3 Å². The molecule has 1 atom stereocenters. The summed E-state index contributed by atoms with van der Waals surface area (Å²) in [6.45, 7) is 0.349. The molecule has 1 fully saturated rings. The van der Waals surface area contributed by atoms with Gasteiger partial charge in [0, 0.05) is 32.1 Å². The number of ether oxygens (including phenoxy) is 2. The number of carbonyl (C=O) groups is 3.